The molecule has 1 saturated heterocycles. The number of carbonyl (C=O) groups excluding carboxylic acids is 2. The lowest BCUT2D eigenvalue weighted by molar-refractivity contribution is -0.132. The van der Waals surface area contributed by atoms with Crippen LogP contribution in [-0.4, -0.2) is 80.0 Å². The second-order valence-electron chi connectivity index (χ2n) is 10.0. The smallest absolute Gasteiger partial charge is 0.257 e. The van der Waals surface area contributed by atoms with E-state index in [2.05, 4.69) is 4.90 Å². The van der Waals surface area contributed by atoms with Gasteiger partial charge in [0.15, 0.2) is 11.5 Å². The molecule has 0 bridgehead atoms. The third-order valence-corrected chi connectivity index (χ3v) is 8.38. The molecule has 214 valence electrons. The molecule has 2 amide bonds. The molecule has 3 aromatic rings. The number of thiophene rings is 1. The minimum absolute atomic E-state index is 0.0114. The van der Waals surface area contributed by atoms with Crippen LogP contribution in [0.15, 0.2) is 53.9 Å². The van der Waals surface area contributed by atoms with Crippen LogP contribution in [0.5, 0.6) is 11.5 Å². The van der Waals surface area contributed by atoms with E-state index in [4.69, 9.17) is 9.47 Å². The van der Waals surface area contributed by atoms with Gasteiger partial charge < -0.3 is 24.2 Å². The molecular formula is C31H38FN3O4S. The number of amides is 2. The number of nitrogens with zero attached hydrogens (tertiary/aromatic N) is 3. The first-order valence-corrected chi connectivity index (χ1v) is 14.6. The van der Waals surface area contributed by atoms with Crippen molar-refractivity contribution in [2.45, 2.75) is 32.7 Å². The predicted molar refractivity (Wildman–Crippen MR) is 156 cm³/mol. The Labute approximate surface area is 240 Å². The van der Waals surface area contributed by atoms with E-state index < -0.39 is 11.7 Å². The molecule has 0 saturated carbocycles. The van der Waals surface area contributed by atoms with Crippen LogP contribution >= 0.6 is 11.3 Å². The van der Waals surface area contributed by atoms with Gasteiger partial charge in [-0.3, -0.25) is 9.59 Å². The Hall–Kier alpha value is -3.43. The summed E-state index contributed by atoms with van der Waals surface area (Å²) >= 11 is 1.61. The summed E-state index contributed by atoms with van der Waals surface area (Å²) in [6.07, 6.45) is 2.86. The molecule has 7 nitrogen and oxygen atoms in total. The molecule has 2 aromatic carbocycles. The minimum atomic E-state index is -0.578. The molecule has 0 radical (unpaired) electrons. The summed E-state index contributed by atoms with van der Waals surface area (Å²) in [6, 6.07) is 13.7. The summed E-state index contributed by atoms with van der Waals surface area (Å²) < 4.78 is 25.4. The van der Waals surface area contributed by atoms with Crippen molar-refractivity contribution < 1.29 is 23.5 Å². The van der Waals surface area contributed by atoms with Gasteiger partial charge >= 0.3 is 0 Å². The molecule has 2 heterocycles. The number of ether oxygens (including phenoxy) is 2. The summed E-state index contributed by atoms with van der Waals surface area (Å²) in [7, 11) is 3.19. The van der Waals surface area contributed by atoms with Crippen LogP contribution in [0.4, 0.5) is 4.39 Å². The zero-order chi connectivity index (χ0) is 28.5. The quantitative estimate of drug-likeness (QED) is 0.290. The molecular weight excluding hydrogens is 529 g/mol. The Kier molecular flexibility index (Phi) is 10.5. The highest BCUT2D eigenvalue weighted by molar-refractivity contribution is 7.10. The molecule has 1 aliphatic heterocycles. The van der Waals surface area contributed by atoms with Crippen molar-refractivity contribution in [3.05, 3.63) is 81.3 Å². The third kappa shape index (κ3) is 7.61. The molecule has 0 aliphatic carbocycles. The number of methoxy groups -OCH3 is 2. The lowest BCUT2D eigenvalue weighted by Gasteiger charge is -2.29. The number of halogens is 1. The van der Waals surface area contributed by atoms with Crippen molar-refractivity contribution in [1.29, 1.82) is 0 Å². The van der Waals surface area contributed by atoms with Crippen LogP contribution < -0.4 is 9.47 Å². The molecule has 40 heavy (non-hydrogen) atoms. The lowest BCUT2D eigenvalue weighted by Crippen LogP contribution is -2.46. The van der Waals surface area contributed by atoms with Gasteiger partial charge in [0.25, 0.3) is 5.91 Å². The predicted octanol–water partition coefficient (Wildman–Crippen LogP) is 5.02. The number of hydrogen-bond acceptors (Lipinski definition) is 6. The molecule has 0 spiro atoms. The van der Waals surface area contributed by atoms with Gasteiger partial charge in [0.1, 0.15) is 12.4 Å². The molecule has 9 heteroatoms. The lowest BCUT2D eigenvalue weighted by atomic mass is 10.1. The van der Waals surface area contributed by atoms with Gasteiger partial charge in [-0.15, -0.1) is 11.3 Å². The molecule has 1 fully saturated rings. The normalized spacial score (nSPS) is 13.3. The molecule has 0 unspecified atom stereocenters. The Morgan fingerprint density at radius 3 is 2.40 bits per heavy atom. The second-order valence-corrected chi connectivity index (χ2v) is 11.0. The van der Waals surface area contributed by atoms with E-state index in [1.807, 2.05) is 36.6 Å². The van der Waals surface area contributed by atoms with Gasteiger partial charge in [-0.2, -0.15) is 0 Å². The van der Waals surface area contributed by atoms with Gasteiger partial charge in [0.2, 0.25) is 5.91 Å². The van der Waals surface area contributed by atoms with Gasteiger partial charge in [0.05, 0.1) is 26.3 Å². The van der Waals surface area contributed by atoms with E-state index >= 15 is 0 Å². The van der Waals surface area contributed by atoms with Crippen LogP contribution in [0.1, 0.15) is 39.2 Å². The van der Waals surface area contributed by atoms with Gasteiger partial charge in [0, 0.05) is 24.5 Å². The Bertz CT molecular complexity index is 1290. The fourth-order valence-corrected chi connectivity index (χ4v) is 5.84. The van der Waals surface area contributed by atoms with Crippen LogP contribution in [0, 0.1) is 12.7 Å². The minimum Gasteiger partial charge on any atom is -0.493 e. The van der Waals surface area contributed by atoms with Crippen LogP contribution in [0.25, 0.3) is 0 Å². The van der Waals surface area contributed by atoms with E-state index in [-0.39, 0.29) is 18.0 Å². The first-order chi connectivity index (χ1) is 19.4. The molecule has 4 rings (SSSR count). The van der Waals surface area contributed by atoms with Crippen LogP contribution in [0.3, 0.4) is 0 Å². The van der Waals surface area contributed by atoms with Crippen molar-refractivity contribution in [3.8, 4) is 11.5 Å². The highest BCUT2D eigenvalue weighted by Crippen LogP contribution is 2.28. The first-order valence-electron chi connectivity index (χ1n) is 13.7. The molecule has 1 aliphatic rings. The zero-order valence-electron chi connectivity index (χ0n) is 23.5. The second kappa shape index (κ2) is 14.3. The summed E-state index contributed by atoms with van der Waals surface area (Å²) in [5.41, 5.74) is 2.12. The summed E-state index contributed by atoms with van der Waals surface area (Å²) in [4.78, 5) is 34.0. The summed E-state index contributed by atoms with van der Waals surface area (Å²) in [5, 5.41) is 2.02. The van der Waals surface area contributed by atoms with Crippen molar-refractivity contribution in [3.63, 3.8) is 0 Å². The summed E-state index contributed by atoms with van der Waals surface area (Å²) in [6.45, 7) is 5.80. The first kappa shape index (κ1) is 29.6. The molecule has 0 atom stereocenters. The van der Waals surface area contributed by atoms with E-state index in [9.17, 15) is 14.0 Å². The van der Waals surface area contributed by atoms with E-state index in [0.717, 1.165) is 41.9 Å². The fourth-order valence-electron chi connectivity index (χ4n) is 4.92. The Balaban J connectivity index is 1.53. The van der Waals surface area contributed by atoms with E-state index in [1.54, 1.807) is 42.6 Å². The zero-order valence-corrected chi connectivity index (χ0v) is 24.3. The standard InChI is InChI=1S/C31H38FN3O4S/c1-23-13-19-40-29(23)21-34(16-12-24-10-11-27(38-2)28(20-24)39-3)30(36)22-35(18-17-33-14-6-7-15-33)31(37)25-8-4-5-9-26(25)32/h4-5,8-11,13,19-20H,6-7,12,14-18,21-22H2,1-3H3. The Morgan fingerprint density at radius 2 is 1.73 bits per heavy atom. The highest BCUT2D eigenvalue weighted by atomic mass is 32.1. The van der Waals surface area contributed by atoms with Crippen molar-refractivity contribution in [2.75, 3.05) is 53.5 Å². The number of hydrogen-bond donors (Lipinski definition) is 0. The van der Waals surface area contributed by atoms with Crippen LogP contribution in [-0.2, 0) is 17.8 Å². The monoisotopic (exact) mass is 567 g/mol. The number of carbonyl (C=O) groups is 2. The van der Waals surface area contributed by atoms with Crippen molar-refractivity contribution in [2.24, 2.45) is 0 Å². The maximum atomic E-state index is 14.6. The maximum Gasteiger partial charge on any atom is 0.257 e. The number of rotatable bonds is 13. The Morgan fingerprint density at radius 1 is 0.975 bits per heavy atom. The average Bonchev–Trinajstić information content (AvgIpc) is 3.64. The van der Waals surface area contributed by atoms with E-state index in [0.29, 0.717) is 44.1 Å². The summed E-state index contributed by atoms with van der Waals surface area (Å²) in [5.74, 6) is 0.0760. The largest absolute Gasteiger partial charge is 0.493 e. The molecule has 1 aromatic heterocycles. The third-order valence-electron chi connectivity index (χ3n) is 7.38. The van der Waals surface area contributed by atoms with Gasteiger partial charge in [-0.1, -0.05) is 18.2 Å². The maximum absolute atomic E-state index is 14.6. The average molecular weight is 568 g/mol. The SMILES string of the molecule is COc1ccc(CCN(Cc2sccc2C)C(=O)CN(CCN2CCCC2)C(=O)c2ccccc2F)cc1OC. The highest BCUT2D eigenvalue weighted by Gasteiger charge is 2.26. The van der Waals surface area contributed by atoms with E-state index in [1.165, 1.54) is 17.0 Å². The van der Waals surface area contributed by atoms with Crippen molar-refractivity contribution in [1.82, 2.24) is 14.7 Å². The number of aryl methyl sites for hydroxylation is 1. The topological polar surface area (TPSA) is 62.3 Å². The fraction of sp³-hybridized carbons (Fsp3) is 0.419. The number of benzene rings is 2. The van der Waals surface area contributed by atoms with Gasteiger partial charge in [-0.05, 0) is 86.1 Å². The van der Waals surface area contributed by atoms with Gasteiger partial charge in [-0.25, -0.2) is 4.39 Å². The number of likely N-dealkylation sites (tertiary alicyclic amines) is 1. The van der Waals surface area contributed by atoms with Crippen molar-refractivity contribution >= 4 is 23.2 Å². The van der Waals surface area contributed by atoms with Crippen LogP contribution in [0.2, 0.25) is 0 Å². The molecule has 0 N–H and O–H groups in total.